The lowest BCUT2D eigenvalue weighted by molar-refractivity contribution is -0.137. The molecule has 1 atom stereocenters. The van der Waals surface area contributed by atoms with Crippen LogP contribution in [0, 0.1) is 0 Å². The molecule has 0 saturated carbocycles. The van der Waals surface area contributed by atoms with Gasteiger partial charge >= 0.3 is 5.97 Å². The molecule has 0 amide bonds. The Balaban J connectivity index is 3.78. The highest BCUT2D eigenvalue weighted by Gasteiger charge is 2.26. The van der Waals surface area contributed by atoms with Gasteiger partial charge in [0.15, 0.2) is 0 Å². The second-order valence-corrected chi connectivity index (χ2v) is 6.85. The molecule has 0 bridgehead atoms. The Kier molecular flexibility index (Phi) is 5.32. The van der Waals surface area contributed by atoms with Gasteiger partial charge in [0.1, 0.15) is 0 Å². The van der Waals surface area contributed by atoms with Crippen molar-refractivity contribution in [1.29, 1.82) is 0 Å². The van der Waals surface area contributed by atoms with Crippen molar-refractivity contribution >= 4 is 37.8 Å². The molecule has 1 unspecified atom stereocenters. The van der Waals surface area contributed by atoms with E-state index in [-0.39, 0.29) is 6.42 Å². The molecule has 0 aromatic heterocycles. The van der Waals surface area contributed by atoms with Crippen LogP contribution in [0.25, 0.3) is 0 Å². The van der Waals surface area contributed by atoms with E-state index >= 15 is 0 Å². The number of aliphatic carboxylic acids is 1. The minimum absolute atomic E-state index is 0.0558. The molecule has 12 heavy (non-hydrogen) atoms. The maximum Gasteiger partial charge on any atom is 0.305 e. The summed E-state index contributed by atoms with van der Waals surface area (Å²) in [6.07, 6.45) is -0.145. The maximum atomic E-state index is 12.4. The summed E-state index contributed by atoms with van der Waals surface area (Å²) in [4.78, 5) is 10.3. The van der Waals surface area contributed by atoms with Crippen LogP contribution >= 0.6 is 31.9 Å². The third-order valence-corrected chi connectivity index (χ3v) is 2.67. The van der Waals surface area contributed by atoms with Crippen LogP contribution in [0.2, 0.25) is 0 Å². The van der Waals surface area contributed by atoms with Crippen LogP contribution in [0.1, 0.15) is 26.2 Å². The van der Waals surface area contributed by atoms with Gasteiger partial charge in [-0.25, -0.2) is 4.39 Å². The van der Waals surface area contributed by atoms with E-state index in [1.54, 1.807) is 0 Å². The molecule has 0 aromatic carbocycles. The summed E-state index contributed by atoms with van der Waals surface area (Å²) in [7, 11) is 0. The fourth-order valence-corrected chi connectivity index (χ4v) is 1.66. The largest absolute Gasteiger partial charge is 0.481 e. The number of halogens is 3. The Morgan fingerprint density at radius 2 is 2.17 bits per heavy atom. The van der Waals surface area contributed by atoms with Gasteiger partial charge in [0.05, 0.1) is 15.8 Å². The van der Waals surface area contributed by atoms with Gasteiger partial charge in [0, 0.05) is 0 Å². The first-order valence-electron chi connectivity index (χ1n) is 3.57. The fourth-order valence-electron chi connectivity index (χ4n) is 0.720. The molecule has 0 radical (unpaired) electrons. The molecule has 5 heteroatoms. The van der Waals surface area contributed by atoms with E-state index in [9.17, 15) is 9.18 Å². The maximum absolute atomic E-state index is 12.4. The van der Waals surface area contributed by atoms with Crippen molar-refractivity contribution in [3.63, 3.8) is 0 Å². The van der Waals surface area contributed by atoms with E-state index in [2.05, 4.69) is 31.9 Å². The van der Waals surface area contributed by atoms with Crippen LogP contribution in [-0.2, 0) is 4.79 Å². The van der Waals surface area contributed by atoms with Crippen molar-refractivity contribution in [3.8, 4) is 0 Å². The van der Waals surface area contributed by atoms with Gasteiger partial charge in [-0.05, 0) is 19.8 Å². The van der Waals surface area contributed by atoms with Crippen LogP contribution < -0.4 is 0 Å². The minimum atomic E-state index is -0.907. The summed E-state index contributed by atoms with van der Waals surface area (Å²) in [6.45, 7) is 1.46. The zero-order valence-electron chi connectivity index (χ0n) is 6.69. The summed E-state index contributed by atoms with van der Waals surface area (Å²) in [5.41, 5.74) is 0. The van der Waals surface area contributed by atoms with Crippen LogP contribution in [-0.4, -0.2) is 20.5 Å². The Hall–Kier alpha value is 0.360. The number of rotatable bonds is 5. The van der Waals surface area contributed by atoms with E-state index in [4.69, 9.17) is 5.11 Å². The average Bonchev–Trinajstić information content (AvgIpc) is 1.81. The molecule has 0 fully saturated rings. The second kappa shape index (κ2) is 5.17. The highest BCUT2D eigenvalue weighted by Crippen LogP contribution is 2.35. The fraction of sp³-hybridized carbons (Fsp3) is 0.857. The van der Waals surface area contributed by atoms with Crippen LogP contribution in [0.5, 0.6) is 0 Å². The number of carbonyl (C=O) groups is 1. The first kappa shape index (κ1) is 12.4. The second-order valence-electron chi connectivity index (χ2n) is 2.75. The molecule has 0 saturated heterocycles. The van der Waals surface area contributed by atoms with Crippen LogP contribution in [0.15, 0.2) is 0 Å². The van der Waals surface area contributed by atoms with Crippen molar-refractivity contribution in [2.24, 2.45) is 0 Å². The normalized spacial score (nSPS) is 14.3. The van der Waals surface area contributed by atoms with E-state index in [0.717, 1.165) is 0 Å². The highest BCUT2D eigenvalue weighted by atomic mass is 79.9. The molecule has 0 spiro atoms. The van der Waals surface area contributed by atoms with E-state index in [0.29, 0.717) is 12.8 Å². The lowest BCUT2D eigenvalue weighted by atomic mass is 10.1. The van der Waals surface area contributed by atoms with Gasteiger partial charge in [0.25, 0.3) is 0 Å². The molecule has 0 heterocycles. The van der Waals surface area contributed by atoms with Crippen molar-refractivity contribution in [3.05, 3.63) is 0 Å². The molecule has 2 nitrogen and oxygen atoms in total. The number of hydrogen-bond donors (Lipinski definition) is 1. The third kappa shape index (κ3) is 7.03. The predicted molar refractivity (Wildman–Crippen MR) is 52.6 cm³/mol. The molecule has 0 aromatic rings. The van der Waals surface area contributed by atoms with Gasteiger partial charge in [-0.1, -0.05) is 31.9 Å². The summed E-state index contributed by atoms with van der Waals surface area (Å²) in [5.74, 6) is -0.907. The standard InChI is InChI=1S/C7H11Br2FO2/c1-5(10)2-3-7(8,9)4-6(11)12/h5H,2-4H2,1H3,(H,11,12). The lowest BCUT2D eigenvalue weighted by Gasteiger charge is -2.17. The van der Waals surface area contributed by atoms with Gasteiger partial charge < -0.3 is 5.11 Å². The van der Waals surface area contributed by atoms with E-state index in [1.807, 2.05) is 0 Å². The molecule has 0 aliphatic carbocycles. The van der Waals surface area contributed by atoms with Crippen LogP contribution in [0.3, 0.4) is 0 Å². The molecule has 72 valence electrons. The van der Waals surface area contributed by atoms with Crippen molar-refractivity contribution in [1.82, 2.24) is 0 Å². The Bertz CT molecular complexity index is 159. The topological polar surface area (TPSA) is 37.3 Å². The number of alkyl halides is 3. The van der Waals surface area contributed by atoms with Crippen molar-refractivity contribution < 1.29 is 14.3 Å². The molecular weight excluding hydrogens is 295 g/mol. The lowest BCUT2D eigenvalue weighted by Crippen LogP contribution is -2.18. The predicted octanol–water partition coefficient (Wildman–Crippen LogP) is 3.09. The average molecular weight is 306 g/mol. The molecule has 0 aliphatic heterocycles. The number of carboxylic acids is 1. The third-order valence-electron chi connectivity index (χ3n) is 1.32. The first-order chi connectivity index (χ1) is 5.33. The number of carboxylic acid groups (broad SMARTS) is 1. The summed E-state index contributed by atoms with van der Waals surface area (Å²) in [5, 5.41) is 8.46. The Morgan fingerprint density at radius 3 is 2.50 bits per heavy atom. The molecule has 1 N–H and O–H groups in total. The van der Waals surface area contributed by atoms with Gasteiger partial charge in [-0.2, -0.15) is 0 Å². The Morgan fingerprint density at radius 1 is 1.67 bits per heavy atom. The summed E-state index contributed by atoms with van der Waals surface area (Å²) < 4.78 is 11.7. The zero-order chi connectivity index (χ0) is 9.78. The van der Waals surface area contributed by atoms with Crippen molar-refractivity contribution in [2.45, 2.75) is 35.6 Å². The SMILES string of the molecule is CC(F)CCC(Br)(Br)CC(=O)O. The minimum Gasteiger partial charge on any atom is -0.481 e. The van der Waals surface area contributed by atoms with Crippen molar-refractivity contribution in [2.75, 3.05) is 0 Å². The quantitative estimate of drug-likeness (QED) is 0.793. The van der Waals surface area contributed by atoms with Gasteiger partial charge in [-0.15, -0.1) is 0 Å². The van der Waals surface area contributed by atoms with E-state index in [1.165, 1.54) is 6.92 Å². The van der Waals surface area contributed by atoms with Gasteiger partial charge in [0.2, 0.25) is 0 Å². The summed E-state index contributed by atoms with van der Waals surface area (Å²) in [6, 6.07) is 0. The molecular formula is C7H11Br2FO2. The van der Waals surface area contributed by atoms with Gasteiger partial charge in [-0.3, -0.25) is 4.79 Å². The molecule has 0 aliphatic rings. The molecule has 0 rings (SSSR count). The smallest absolute Gasteiger partial charge is 0.305 e. The van der Waals surface area contributed by atoms with Crippen LogP contribution in [0.4, 0.5) is 4.39 Å². The van der Waals surface area contributed by atoms with E-state index < -0.39 is 15.4 Å². The first-order valence-corrected chi connectivity index (χ1v) is 5.16. The monoisotopic (exact) mass is 304 g/mol. The highest BCUT2D eigenvalue weighted by molar-refractivity contribution is 9.25. The summed E-state index contributed by atoms with van der Waals surface area (Å²) >= 11 is 6.36. The zero-order valence-corrected chi connectivity index (χ0v) is 9.86. The Labute approximate surface area is 87.8 Å². The number of hydrogen-bond acceptors (Lipinski definition) is 1.